The molecule has 0 saturated carbocycles. The molecule has 9 rings (SSSR count). The fourth-order valence-electron chi connectivity index (χ4n) is 11.7. The van der Waals surface area contributed by atoms with Gasteiger partial charge in [0.15, 0.2) is 0 Å². The second-order valence-electron chi connectivity index (χ2n) is 20.0. The first-order valence-corrected chi connectivity index (χ1v) is 23.3. The van der Waals surface area contributed by atoms with Gasteiger partial charge in [-0.2, -0.15) is 0 Å². The lowest BCUT2D eigenvalue weighted by molar-refractivity contribution is -0.147. The Bertz CT molecular complexity index is 2500. The molecule has 2 amide bonds. The highest BCUT2D eigenvalue weighted by molar-refractivity contribution is 5.89. The fraction of sp³-hybridized carbons (Fsp3) is 0.520. The van der Waals surface area contributed by atoms with Gasteiger partial charge >= 0.3 is 24.1 Å². The Morgan fingerprint density at radius 2 is 1.02 bits per heavy atom. The van der Waals surface area contributed by atoms with Crippen LogP contribution in [0.5, 0.6) is 0 Å². The topological polar surface area (TPSA) is 221 Å². The van der Waals surface area contributed by atoms with E-state index in [1.807, 2.05) is 39.8 Å². The molecule has 0 aliphatic carbocycles. The molecule has 5 aromatic rings. The summed E-state index contributed by atoms with van der Waals surface area (Å²) in [4.78, 5) is 72.0. The highest BCUT2D eigenvalue weighted by Crippen LogP contribution is 2.52. The standard InChI is InChI=1S/C50H62N8O8/c1-27(2)41(45(59)65-47(51)61)57-25-49(13-17-63-18-14-49)23-39(57)43-53-35-11-7-31(21-37(35)55-43)33-9-10-34(30(6)29(33)5)32-8-12-36-38(22-32)56-44(54-36)40-24-50(15-19-64-20-16-50)26-58(40)42(28(3)4)46(60)66-48(52)62/h7-12,21-22,27-28,39-42H,13-20,23-26H2,1-6H3,(H2,51,61)(H2,52,62)(H,53,55)(H,54,56)/t39?,40?,41-,42-/m0/s1. The number of carbonyl (C=O) groups excluding carboxylic acids is 4. The normalized spacial score (nSPS) is 21.9. The molecule has 4 atom stereocenters. The van der Waals surface area contributed by atoms with E-state index in [2.05, 4.69) is 70.0 Å². The number of esters is 2. The number of benzene rings is 3. The van der Waals surface area contributed by atoms with Crippen LogP contribution in [-0.2, 0) is 28.5 Å². The minimum Gasteiger partial charge on any atom is -0.381 e. The molecule has 0 radical (unpaired) electrons. The van der Waals surface area contributed by atoms with Crippen molar-refractivity contribution in [3.63, 3.8) is 0 Å². The Labute approximate surface area is 384 Å². The first kappa shape index (κ1) is 45.5. The Kier molecular flexibility index (Phi) is 12.3. The monoisotopic (exact) mass is 902 g/mol. The van der Waals surface area contributed by atoms with Gasteiger partial charge in [0.2, 0.25) is 0 Å². The number of likely N-dealkylation sites (tertiary alicyclic amines) is 2. The van der Waals surface area contributed by atoms with Gasteiger partial charge in [-0.05, 0) is 133 Å². The molecule has 3 aromatic carbocycles. The van der Waals surface area contributed by atoms with E-state index < -0.39 is 36.2 Å². The lowest BCUT2D eigenvalue weighted by atomic mass is 9.78. The van der Waals surface area contributed by atoms with E-state index in [9.17, 15) is 19.2 Å². The number of aromatic amines is 2. The Hall–Kier alpha value is -5.68. The number of H-pyrrole nitrogens is 2. The first-order chi connectivity index (χ1) is 31.5. The molecule has 2 aromatic heterocycles. The van der Waals surface area contributed by atoms with Crippen LogP contribution in [0.25, 0.3) is 44.3 Å². The number of imidazole rings is 2. The van der Waals surface area contributed by atoms with Crippen LogP contribution in [0.15, 0.2) is 48.5 Å². The van der Waals surface area contributed by atoms with Crippen LogP contribution in [0.3, 0.4) is 0 Å². The number of nitrogens with two attached hydrogens (primary N) is 2. The van der Waals surface area contributed by atoms with Crippen molar-refractivity contribution in [1.82, 2.24) is 29.7 Å². The van der Waals surface area contributed by atoms with Gasteiger partial charge in [-0.15, -0.1) is 0 Å². The molecule has 2 spiro atoms. The summed E-state index contributed by atoms with van der Waals surface area (Å²) in [5.41, 5.74) is 20.6. The minimum atomic E-state index is -1.10. The van der Waals surface area contributed by atoms with Crippen molar-refractivity contribution in [2.24, 2.45) is 34.1 Å². The first-order valence-electron chi connectivity index (χ1n) is 23.3. The van der Waals surface area contributed by atoms with Crippen LogP contribution in [-0.4, -0.2) is 105 Å². The molecule has 6 N–H and O–H groups in total. The third-order valence-corrected chi connectivity index (χ3v) is 15.1. The predicted molar refractivity (Wildman–Crippen MR) is 248 cm³/mol. The van der Waals surface area contributed by atoms with Crippen molar-refractivity contribution in [3.05, 3.63) is 71.3 Å². The van der Waals surface area contributed by atoms with Crippen LogP contribution in [0.1, 0.15) is 101 Å². The number of nitrogens with zero attached hydrogens (tertiary/aromatic N) is 4. The van der Waals surface area contributed by atoms with Crippen LogP contribution in [0.4, 0.5) is 9.59 Å². The summed E-state index contributed by atoms with van der Waals surface area (Å²) in [6, 6.07) is 15.2. The summed E-state index contributed by atoms with van der Waals surface area (Å²) >= 11 is 0. The second-order valence-corrected chi connectivity index (χ2v) is 20.0. The molecule has 0 bridgehead atoms. The minimum absolute atomic E-state index is 0.0539. The molecular weight excluding hydrogens is 841 g/mol. The van der Waals surface area contributed by atoms with E-state index in [1.54, 1.807) is 0 Å². The van der Waals surface area contributed by atoms with E-state index in [0.717, 1.165) is 106 Å². The third kappa shape index (κ3) is 8.59. The molecule has 4 fully saturated rings. The number of nitrogens with one attached hydrogen (secondary N) is 2. The number of fused-ring (bicyclic) bond motifs is 2. The zero-order chi connectivity index (χ0) is 46.7. The Morgan fingerprint density at radius 3 is 1.36 bits per heavy atom. The molecule has 350 valence electrons. The van der Waals surface area contributed by atoms with Crippen molar-refractivity contribution in [1.29, 1.82) is 0 Å². The lowest BCUT2D eigenvalue weighted by Crippen LogP contribution is -2.47. The molecule has 16 heteroatoms. The van der Waals surface area contributed by atoms with Crippen molar-refractivity contribution < 1.29 is 38.1 Å². The molecule has 6 heterocycles. The number of rotatable bonds is 10. The van der Waals surface area contributed by atoms with Crippen molar-refractivity contribution in [2.45, 2.75) is 104 Å². The molecule has 16 nitrogen and oxygen atoms in total. The zero-order valence-electron chi connectivity index (χ0n) is 38.8. The van der Waals surface area contributed by atoms with Gasteiger partial charge in [-0.1, -0.05) is 52.0 Å². The molecule has 4 aliphatic rings. The summed E-state index contributed by atoms with van der Waals surface area (Å²) in [7, 11) is 0. The van der Waals surface area contributed by atoms with Crippen LogP contribution in [0, 0.1) is 36.5 Å². The van der Waals surface area contributed by atoms with E-state index in [0.29, 0.717) is 39.5 Å². The quantitative estimate of drug-likeness (QED) is 0.0780. The summed E-state index contributed by atoms with van der Waals surface area (Å²) in [5, 5.41) is 0. The molecular formula is C50H62N8O8. The lowest BCUT2D eigenvalue weighted by Gasteiger charge is -2.35. The summed E-state index contributed by atoms with van der Waals surface area (Å²) in [5.74, 6) is -0.0102. The van der Waals surface area contributed by atoms with Gasteiger partial charge in [0.25, 0.3) is 0 Å². The number of carbonyl (C=O) groups is 4. The Morgan fingerprint density at radius 1 is 0.636 bits per heavy atom. The summed E-state index contributed by atoms with van der Waals surface area (Å²) < 4.78 is 21.5. The van der Waals surface area contributed by atoms with Crippen LogP contribution in [0.2, 0.25) is 0 Å². The van der Waals surface area contributed by atoms with Gasteiger partial charge in [0, 0.05) is 39.5 Å². The van der Waals surface area contributed by atoms with Crippen LogP contribution < -0.4 is 11.5 Å². The SMILES string of the molecule is Cc1c(-c2ccc3nc(C4CC5(CCOCC5)CN4[C@H](C(=O)OC(N)=O)C(C)C)[nH]c3c2)ccc(-c2ccc3nc(C4CC5(CCOCC5)CN4[C@H](C(=O)OC(N)=O)C(C)C)[nH]c3c2)c1C. The highest BCUT2D eigenvalue weighted by Gasteiger charge is 2.52. The molecule has 66 heavy (non-hydrogen) atoms. The average molecular weight is 903 g/mol. The van der Waals surface area contributed by atoms with Crippen molar-refractivity contribution >= 4 is 46.2 Å². The molecule has 4 saturated heterocycles. The summed E-state index contributed by atoms with van der Waals surface area (Å²) in [6.45, 7) is 16.1. The second kappa shape index (κ2) is 17.8. The largest absolute Gasteiger partial charge is 0.412 e. The van der Waals surface area contributed by atoms with Crippen LogP contribution >= 0.6 is 0 Å². The number of amides is 2. The Balaban J connectivity index is 0.998. The van der Waals surface area contributed by atoms with Gasteiger partial charge in [0.05, 0.1) is 34.2 Å². The van der Waals surface area contributed by atoms with E-state index in [-0.39, 0.29) is 34.7 Å². The third-order valence-electron chi connectivity index (χ3n) is 15.1. The van der Waals surface area contributed by atoms with Gasteiger partial charge < -0.3 is 40.4 Å². The highest BCUT2D eigenvalue weighted by atomic mass is 16.6. The van der Waals surface area contributed by atoms with E-state index in [4.69, 9.17) is 40.4 Å². The molecule has 4 aliphatic heterocycles. The fourth-order valence-corrected chi connectivity index (χ4v) is 11.7. The van der Waals surface area contributed by atoms with Gasteiger partial charge in [-0.3, -0.25) is 9.80 Å². The molecule has 2 unspecified atom stereocenters. The van der Waals surface area contributed by atoms with Gasteiger partial charge in [0.1, 0.15) is 23.7 Å². The summed E-state index contributed by atoms with van der Waals surface area (Å²) in [6.07, 6.45) is 2.89. The van der Waals surface area contributed by atoms with E-state index in [1.165, 1.54) is 0 Å². The number of hydrogen-bond acceptors (Lipinski definition) is 12. The predicted octanol–water partition coefficient (Wildman–Crippen LogP) is 7.77. The number of hydrogen-bond donors (Lipinski definition) is 4. The number of aromatic nitrogens is 4. The van der Waals surface area contributed by atoms with Crippen molar-refractivity contribution in [2.75, 3.05) is 39.5 Å². The van der Waals surface area contributed by atoms with E-state index >= 15 is 0 Å². The average Bonchev–Trinajstić information content (AvgIpc) is 4.05. The maximum atomic E-state index is 13.4. The maximum absolute atomic E-state index is 13.4. The van der Waals surface area contributed by atoms with Crippen molar-refractivity contribution in [3.8, 4) is 22.3 Å². The zero-order valence-corrected chi connectivity index (χ0v) is 38.8. The maximum Gasteiger partial charge on any atom is 0.412 e. The smallest absolute Gasteiger partial charge is 0.381 e. The number of ether oxygens (including phenoxy) is 4. The van der Waals surface area contributed by atoms with Gasteiger partial charge in [-0.25, -0.2) is 29.1 Å². The number of primary amides is 2.